The first-order valence-corrected chi connectivity index (χ1v) is 9.87. The second-order valence-corrected chi connectivity index (χ2v) is 7.07. The Balaban J connectivity index is 0.000000177. The number of fused-ring (bicyclic) bond motifs is 2. The zero-order valence-corrected chi connectivity index (χ0v) is 17.2. The molecule has 0 bridgehead atoms. The Labute approximate surface area is 177 Å². The number of H-pyrrole nitrogens is 2. The number of nitrogens with one attached hydrogen (secondary N) is 2. The summed E-state index contributed by atoms with van der Waals surface area (Å²) < 4.78 is 1.83. The number of pyridine rings is 1. The Hall–Kier alpha value is -4.20. The molecule has 0 aliphatic carbocycles. The van der Waals surface area contributed by atoms with Crippen molar-refractivity contribution in [1.29, 1.82) is 0 Å². The van der Waals surface area contributed by atoms with Crippen LogP contribution < -0.4 is 17.0 Å². The van der Waals surface area contributed by atoms with E-state index in [0.717, 1.165) is 34.1 Å². The molecule has 3 aromatic heterocycles. The number of para-hydroxylation sites is 1. The summed E-state index contributed by atoms with van der Waals surface area (Å²) in [7, 11) is 0. The third kappa shape index (κ3) is 3.83. The van der Waals surface area contributed by atoms with E-state index in [4.69, 9.17) is 5.73 Å². The normalized spacial score (nSPS) is 10.8. The van der Waals surface area contributed by atoms with Crippen molar-refractivity contribution in [2.24, 2.45) is 0 Å². The molecule has 4 N–H and O–H groups in total. The first kappa shape index (κ1) is 20.1. The fourth-order valence-electron chi connectivity index (χ4n) is 3.58. The third-order valence-electron chi connectivity index (χ3n) is 5.05. The number of nitrogens with zero attached hydrogens (tertiary/aromatic N) is 3. The zero-order chi connectivity index (χ0) is 22.0. The fourth-order valence-corrected chi connectivity index (χ4v) is 3.58. The monoisotopic (exact) mass is 414 g/mol. The Morgan fingerprint density at radius 2 is 1.77 bits per heavy atom. The van der Waals surface area contributed by atoms with Gasteiger partial charge in [-0.1, -0.05) is 43.3 Å². The van der Waals surface area contributed by atoms with Crippen LogP contribution in [0.3, 0.4) is 0 Å². The summed E-state index contributed by atoms with van der Waals surface area (Å²) in [6.45, 7) is 4.07. The summed E-state index contributed by atoms with van der Waals surface area (Å²) in [5.74, 6) is 0.272. The summed E-state index contributed by atoms with van der Waals surface area (Å²) in [6.07, 6.45) is 2.12. The number of aryl methyl sites for hydroxylation is 2. The van der Waals surface area contributed by atoms with Gasteiger partial charge in [0, 0.05) is 11.4 Å². The van der Waals surface area contributed by atoms with E-state index in [1.54, 1.807) is 0 Å². The first-order chi connectivity index (χ1) is 15.0. The molecule has 0 atom stereocenters. The lowest BCUT2D eigenvalue weighted by Crippen LogP contribution is -2.22. The van der Waals surface area contributed by atoms with Gasteiger partial charge in [-0.15, -0.1) is 0 Å². The van der Waals surface area contributed by atoms with Crippen molar-refractivity contribution in [3.05, 3.63) is 93.0 Å². The van der Waals surface area contributed by atoms with Gasteiger partial charge in [-0.3, -0.25) is 14.3 Å². The maximum Gasteiger partial charge on any atom is 0.325 e. The Bertz CT molecular complexity index is 1480. The van der Waals surface area contributed by atoms with Crippen LogP contribution in [-0.2, 0) is 6.42 Å². The lowest BCUT2D eigenvalue weighted by molar-refractivity contribution is 0.888. The molecule has 5 rings (SSSR count). The minimum absolute atomic E-state index is 0.0728. The SMILES string of the molecule is CCc1cc2cccc(C)c2c(=O)n1-c1ccccc1.Nc1ncnc2[nH]c(=O)[nH]c12. The van der Waals surface area contributed by atoms with Gasteiger partial charge in [0.2, 0.25) is 0 Å². The smallest absolute Gasteiger partial charge is 0.325 e. The summed E-state index contributed by atoms with van der Waals surface area (Å²) in [5, 5.41) is 1.84. The molecule has 0 radical (unpaired) electrons. The standard InChI is InChI=1S/C18H17NO.C5H5N5O/c1-3-15-12-14-9-7-8-13(2)17(14)18(20)19(15)16-10-5-4-6-11-16;6-3-2-4(8-1-7-3)10-5(11)9-2/h4-12H,3H2,1-2H3;1H,(H4,6,7,8,9,10,11). The molecule has 2 aromatic carbocycles. The number of anilines is 1. The largest absolute Gasteiger partial charge is 0.382 e. The molecular formula is C23H22N6O2. The number of nitrogen functional groups attached to an aromatic ring is 1. The first-order valence-electron chi connectivity index (χ1n) is 9.87. The number of nitrogens with two attached hydrogens (primary N) is 1. The number of rotatable bonds is 2. The minimum Gasteiger partial charge on any atom is -0.382 e. The highest BCUT2D eigenvalue weighted by Crippen LogP contribution is 2.19. The van der Waals surface area contributed by atoms with Crippen molar-refractivity contribution < 1.29 is 0 Å². The van der Waals surface area contributed by atoms with Crippen molar-refractivity contribution in [3.63, 3.8) is 0 Å². The summed E-state index contributed by atoms with van der Waals surface area (Å²) >= 11 is 0. The molecule has 8 heteroatoms. The summed E-state index contributed by atoms with van der Waals surface area (Å²) in [6, 6.07) is 18.0. The van der Waals surface area contributed by atoms with Crippen LogP contribution in [-0.4, -0.2) is 24.5 Å². The maximum absolute atomic E-state index is 12.9. The Morgan fingerprint density at radius 1 is 1.00 bits per heavy atom. The maximum atomic E-state index is 12.9. The second-order valence-electron chi connectivity index (χ2n) is 7.07. The van der Waals surface area contributed by atoms with E-state index in [0.29, 0.717) is 11.2 Å². The van der Waals surface area contributed by atoms with Gasteiger partial charge < -0.3 is 10.7 Å². The molecular weight excluding hydrogens is 392 g/mol. The average Bonchev–Trinajstić information content (AvgIpc) is 3.16. The lowest BCUT2D eigenvalue weighted by Gasteiger charge is -2.14. The highest BCUT2D eigenvalue weighted by Gasteiger charge is 2.11. The number of imidazole rings is 1. The highest BCUT2D eigenvalue weighted by molar-refractivity contribution is 5.85. The van der Waals surface area contributed by atoms with Crippen molar-refractivity contribution in [1.82, 2.24) is 24.5 Å². The molecule has 0 saturated heterocycles. The number of hydrogen-bond acceptors (Lipinski definition) is 5. The minimum atomic E-state index is -0.327. The van der Waals surface area contributed by atoms with E-state index < -0.39 is 0 Å². The van der Waals surface area contributed by atoms with Crippen molar-refractivity contribution in [2.45, 2.75) is 20.3 Å². The summed E-state index contributed by atoms with van der Waals surface area (Å²) in [4.78, 5) is 36.0. The fraction of sp³-hybridized carbons (Fsp3) is 0.130. The van der Waals surface area contributed by atoms with E-state index in [1.807, 2.05) is 60.0 Å². The molecule has 0 aliphatic rings. The van der Waals surface area contributed by atoms with Gasteiger partial charge in [0.15, 0.2) is 11.5 Å². The van der Waals surface area contributed by atoms with Crippen LogP contribution >= 0.6 is 0 Å². The van der Waals surface area contributed by atoms with E-state index in [-0.39, 0.29) is 17.1 Å². The molecule has 31 heavy (non-hydrogen) atoms. The van der Waals surface area contributed by atoms with Gasteiger partial charge >= 0.3 is 5.69 Å². The van der Waals surface area contributed by atoms with Crippen LogP contribution in [0.5, 0.6) is 0 Å². The molecule has 3 heterocycles. The van der Waals surface area contributed by atoms with Gasteiger partial charge in [-0.25, -0.2) is 14.8 Å². The van der Waals surface area contributed by atoms with Gasteiger partial charge in [0.05, 0.1) is 5.39 Å². The predicted octanol–water partition coefficient (Wildman–Crippen LogP) is 3.09. The van der Waals surface area contributed by atoms with E-state index in [9.17, 15) is 9.59 Å². The molecule has 0 saturated carbocycles. The van der Waals surface area contributed by atoms with Crippen LogP contribution in [0, 0.1) is 6.92 Å². The van der Waals surface area contributed by atoms with E-state index in [2.05, 4.69) is 32.9 Å². The molecule has 5 aromatic rings. The number of benzene rings is 2. The van der Waals surface area contributed by atoms with Gasteiger partial charge in [0.25, 0.3) is 5.56 Å². The van der Waals surface area contributed by atoms with Crippen LogP contribution in [0.4, 0.5) is 5.82 Å². The number of aromatic amines is 2. The second kappa shape index (κ2) is 8.27. The number of hydrogen-bond donors (Lipinski definition) is 3. The molecule has 0 aliphatic heterocycles. The van der Waals surface area contributed by atoms with Crippen molar-refractivity contribution >= 4 is 27.8 Å². The molecule has 156 valence electrons. The number of aromatic nitrogens is 5. The molecule has 8 nitrogen and oxygen atoms in total. The van der Waals surface area contributed by atoms with Gasteiger partial charge in [0.1, 0.15) is 11.8 Å². The molecule has 0 unspecified atom stereocenters. The van der Waals surface area contributed by atoms with E-state index in [1.165, 1.54) is 6.33 Å². The average molecular weight is 414 g/mol. The Kier molecular flexibility index (Phi) is 5.36. The van der Waals surface area contributed by atoms with Crippen molar-refractivity contribution in [2.75, 3.05) is 5.73 Å². The van der Waals surface area contributed by atoms with Crippen LogP contribution in [0.25, 0.3) is 27.6 Å². The zero-order valence-electron chi connectivity index (χ0n) is 17.2. The topological polar surface area (TPSA) is 122 Å². The highest BCUT2D eigenvalue weighted by atomic mass is 16.1. The van der Waals surface area contributed by atoms with Crippen molar-refractivity contribution in [3.8, 4) is 5.69 Å². The van der Waals surface area contributed by atoms with Crippen LogP contribution in [0.1, 0.15) is 18.2 Å². The summed E-state index contributed by atoms with van der Waals surface area (Å²) in [5.41, 5.74) is 9.06. The van der Waals surface area contributed by atoms with Gasteiger partial charge in [-0.05, 0) is 42.5 Å². The quantitative estimate of drug-likeness (QED) is 0.410. The van der Waals surface area contributed by atoms with E-state index >= 15 is 0 Å². The molecule has 0 amide bonds. The molecule has 0 fully saturated rings. The third-order valence-corrected chi connectivity index (χ3v) is 5.05. The predicted molar refractivity (Wildman–Crippen MR) is 123 cm³/mol. The lowest BCUT2D eigenvalue weighted by atomic mass is 10.1. The van der Waals surface area contributed by atoms with Gasteiger partial charge in [-0.2, -0.15) is 0 Å². The van der Waals surface area contributed by atoms with Crippen LogP contribution in [0.15, 0.2) is 70.5 Å². The Morgan fingerprint density at radius 3 is 2.48 bits per heavy atom. The molecule has 0 spiro atoms. The van der Waals surface area contributed by atoms with Crippen LogP contribution in [0.2, 0.25) is 0 Å².